The van der Waals surface area contributed by atoms with Crippen LogP contribution < -0.4 is 0 Å². The van der Waals surface area contributed by atoms with Gasteiger partial charge in [0.1, 0.15) is 0 Å². The third-order valence-electron chi connectivity index (χ3n) is 1.71. The third-order valence-corrected chi connectivity index (χ3v) is 3.20. The van der Waals surface area contributed by atoms with Crippen LogP contribution in [0.3, 0.4) is 0 Å². The summed E-state index contributed by atoms with van der Waals surface area (Å²) in [4.78, 5) is 6.16. The van der Waals surface area contributed by atoms with Gasteiger partial charge >= 0.3 is 0 Å². The fourth-order valence-electron chi connectivity index (χ4n) is 1.06. The number of benzene rings is 1. The molecule has 0 unspecified atom stereocenters. The molecule has 0 radical (unpaired) electrons. The number of rotatable bonds is 2. The standard InChI is InChI=1S/C11H8ClNS/c12-10-8-13-7-6-11(10)14-9-4-2-1-3-5-9/h1-8H. The van der Waals surface area contributed by atoms with Gasteiger partial charge in [-0.1, -0.05) is 41.6 Å². The Balaban J connectivity index is 2.24. The lowest BCUT2D eigenvalue weighted by atomic mass is 10.4. The summed E-state index contributed by atoms with van der Waals surface area (Å²) in [6.45, 7) is 0. The molecule has 2 rings (SSSR count). The van der Waals surface area contributed by atoms with Crippen molar-refractivity contribution in [3.63, 3.8) is 0 Å². The predicted molar refractivity (Wildman–Crippen MR) is 59.8 cm³/mol. The fraction of sp³-hybridized carbons (Fsp3) is 0. The molecular weight excluding hydrogens is 214 g/mol. The molecule has 1 aromatic carbocycles. The van der Waals surface area contributed by atoms with Crippen molar-refractivity contribution in [2.24, 2.45) is 0 Å². The van der Waals surface area contributed by atoms with Gasteiger partial charge in [0.25, 0.3) is 0 Å². The van der Waals surface area contributed by atoms with Crippen molar-refractivity contribution in [3.05, 3.63) is 53.8 Å². The average Bonchev–Trinajstić information content (AvgIpc) is 2.23. The molecular formula is C11H8ClNS. The summed E-state index contributed by atoms with van der Waals surface area (Å²) in [6, 6.07) is 12.1. The first kappa shape index (κ1) is 9.56. The van der Waals surface area contributed by atoms with Gasteiger partial charge in [0, 0.05) is 22.2 Å². The van der Waals surface area contributed by atoms with Crippen LogP contribution in [-0.2, 0) is 0 Å². The lowest BCUT2D eigenvalue weighted by molar-refractivity contribution is 1.26. The Morgan fingerprint density at radius 2 is 1.86 bits per heavy atom. The molecule has 1 aromatic heterocycles. The van der Waals surface area contributed by atoms with Crippen molar-refractivity contribution in [3.8, 4) is 0 Å². The van der Waals surface area contributed by atoms with E-state index >= 15 is 0 Å². The van der Waals surface area contributed by atoms with Crippen LogP contribution in [0.15, 0.2) is 58.6 Å². The molecule has 3 heteroatoms. The highest BCUT2D eigenvalue weighted by molar-refractivity contribution is 7.99. The molecule has 0 aliphatic carbocycles. The predicted octanol–water partition coefficient (Wildman–Crippen LogP) is 3.89. The Bertz CT molecular complexity index is 417. The van der Waals surface area contributed by atoms with E-state index in [1.165, 1.54) is 4.90 Å². The summed E-state index contributed by atoms with van der Waals surface area (Å²) in [5.74, 6) is 0. The van der Waals surface area contributed by atoms with Gasteiger partial charge in [0.15, 0.2) is 0 Å². The van der Waals surface area contributed by atoms with E-state index in [0.29, 0.717) is 5.02 Å². The number of nitrogens with zero attached hydrogens (tertiary/aromatic N) is 1. The molecule has 0 saturated carbocycles. The smallest absolute Gasteiger partial charge is 0.0728 e. The van der Waals surface area contributed by atoms with E-state index in [1.54, 1.807) is 24.2 Å². The fourth-order valence-corrected chi connectivity index (χ4v) is 2.12. The van der Waals surface area contributed by atoms with Crippen molar-refractivity contribution >= 4 is 23.4 Å². The van der Waals surface area contributed by atoms with Gasteiger partial charge in [0.05, 0.1) is 5.02 Å². The van der Waals surface area contributed by atoms with Crippen LogP contribution in [-0.4, -0.2) is 4.98 Å². The minimum atomic E-state index is 0.696. The summed E-state index contributed by atoms with van der Waals surface area (Å²) >= 11 is 7.63. The van der Waals surface area contributed by atoms with Crippen molar-refractivity contribution in [2.75, 3.05) is 0 Å². The Morgan fingerprint density at radius 1 is 1.07 bits per heavy atom. The highest BCUT2D eigenvalue weighted by atomic mass is 35.5. The lowest BCUT2D eigenvalue weighted by Crippen LogP contribution is -1.76. The molecule has 2 aromatic rings. The minimum absolute atomic E-state index is 0.696. The van der Waals surface area contributed by atoms with Gasteiger partial charge < -0.3 is 0 Å². The molecule has 0 atom stereocenters. The zero-order chi connectivity index (χ0) is 9.80. The van der Waals surface area contributed by atoms with Crippen LogP contribution in [0.5, 0.6) is 0 Å². The second-order valence-electron chi connectivity index (χ2n) is 2.72. The average molecular weight is 222 g/mol. The monoisotopic (exact) mass is 221 g/mol. The first-order valence-electron chi connectivity index (χ1n) is 4.18. The Kier molecular flexibility index (Phi) is 3.07. The van der Waals surface area contributed by atoms with Gasteiger partial charge in [-0.3, -0.25) is 4.98 Å². The molecule has 70 valence electrons. The SMILES string of the molecule is Clc1cnccc1Sc1ccccc1. The van der Waals surface area contributed by atoms with Crippen LogP contribution in [0, 0.1) is 0 Å². The van der Waals surface area contributed by atoms with Crippen LogP contribution in [0.1, 0.15) is 0 Å². The summed E-state index contributed by atoms with van der Waals surface area (Å²) in [5, 5.41) is 0.696. The van der Waals surface area contributed by atoms with Crippen LogP contribution in [0.4, 0.5) is 0 Å². The van der Waals surface area contributed by atoms with Crippen molar-refractivity contribution in [1.29, 1.82) is 0 Å². The van der Waals surface area contributed by atoms with Crippen LogP contribution in [0.2, 0.25) is 5.02 Å². The first-order valence-corrected chi connectivity index (χ1v) is 5.38. The lowest BCUT2D eigenvalue weighted by Gasteiger charge is -2.02. The normalized spacial score (nSPS) is 10.1. The molecule has 0 aliphatic rings. The number of aromatic nitrogens is 1. The summed E-state index contributed by atoms with van der Waals surface area (Å²) in [7, 11) is 0. The maximum absolute atomic E-state index is 5.99. The van der Waals surface area contributed by atoms with E-state index in [4.69, 9.17) is 11.6 Å². The summed E-state index contributed by atoms with van der Waals surface area (Å²) in [5.41, 5.74) is 0. The topological polar surface area (TPSA) is 12.9 Å². The zero-order valence-corrected chi connectivity index (χ0v) is 8.92. The van der Waals surface area contributed by atoms with E-state index in [9.17, 15) is 0 Å². The number of hydrogen-bond acceptors (Lipinski definition) is 2. The quantitative estimate of drug-likeness (QED) is 0.763. The molecule has 0 spiro atoms. The van der Waals surface area contributed by atoms with E-state index in [2.05, 4.69) is 17.1 Å². The van der Waals surface area contributed by atoms with Crippen molar-refractivity contribution in [2.45, 2.75) is 9.79 Å². The van der Waals surface area contributed by atoms with E-state index in [1.807, 2.05) is 24.3 Å². The molecule has 0 bridgehead atoms. The first-order chi connectivity index (χ1) is 6.86. The number of hydrogen-bond donors (Lipinski definition) is 0. The van der Waals surface area contributed by atoms with Gasteiger partial charge in [-0.2, -0.15) is 0 Å². The molecule has 1 heterocycles. The number of halogens is 1. The van der Waals surface area contributed by atoms with Crippen molar-refractivity contribution < 1.29 is 0 Å². The molecule has 14 heavy (non-hydrogen) atoms. The van der Waals surface area contributed by atoms with Gasteiger partial charge in [-0.25, -0.2) is 0 Å². The summed E-state index contributed by atoms with van der Waals surface area (Å²) in [6.07, 6.45) is 3.41. The highest BCUT2D eigenvalue weighted by Crippen LogP contribution is 2.31. The van der Waals surface area contributed by atoms with Crippen LogP contribution in [0.25, 0.3) is 0 Å². The molecule has 0 saturated heterocycles. The maximum Gasteiger partial charge on any atom is 0.0728 e. The van der Waals surface area contributed by atoms with Gasteiger partial charge in [-0.15, -0.1) is 0 Å². The maximum atomic E-state index is 5.99. The Hall–Kier alpha value is -0.990. The van der Waals surface area contributed by atoms with E-state index in [-0.39, 0.29) is 0 Å². The van der Waals surface area contributed by atoms with Gasteiger partial charge in [0.2, 0.25) is 0 Å². The zero-order valence-electron chi connectivity index (χ0n) is 7.35. The largest absolute Gasteiger partial charge is 0.263 e. The highest BCUT2D eigenvalue weighted by Gasteiger charge is 2.00. The Morgan fingerprint density at radius 3 is 2.57 bits per heavy atom. The molecule has 0 aliphatic heterocycles. The molecule has 0 N–H and O–H groups in total. The second-order valence-corrected chi connectivity index (χ2v) is 4.24. The van der Waals surface area contributed by atoms with E-state index < -0.39 is 0 Å². The third kappa shape index (κ3) is 2.28. The second kappa shape index (κ2) is 4.49. The minimum Gasteiger partial charge on any atom is -0.263 e. The summed E-state index contributed by atoms with van der Waals surface area (Å²) < 4.78 is 0. The van der Waals surface area contributed by atoms with Crippen molar-refractivity contribution in [1.82, 2.24) is 4.98 Å². The van der Waals surface area contributed by atoms with Gasteiger partial charge in [-0.05, 0) is 18.2 Å². The van der Waals surface area contributed by atoms with E-state index in [0.717, 1.165) is 4.90 Å². The van der Waals surface area contributed by atoms with Crippen LogP contribution >= 0.6 is 23.4 Å². The molecule has 0 amide bonds. The number of pyridine rings is 1. The Labute approximate surface area is 92.1 Å². The molecule has 1 nitrogen and oxygen atoms in total. The molecule has 0 fully saturated rings.